The average Bonchev–Trinajstić information content (AvgIpc) is 2.54. The van der Waals surface area contributed by atoms with Crippen molar-refractivity contribution in [1.82, 2.24) is 4.90 Å². The van der Waals surface area contributed by atoms with E-state index in [1.165, 1.54) is 4.90 Å². The first-order chi connectivity index (χ1) is 8.43. The molecular formula is C11H20N2O5S. The number of primary sulfonamides is 1. The summed E-state index contributed by atoms with van der Waals surface area (Å²) in [6, 6.07) is -0.552. The number of carbonyl (C=O) groups is 2. The predicted molar refractivity (Wildman–Crippen MR) is 68.7 cm³/mol. The molecule has 7 nitrogen and oxygen atoms in total. The van der Waals surface area contributed by atoms with Crippen molar-refractivity contribution in [3.8, 4) is 0 Å². The van der Waals surface area contributed by atoms with Crippen LogP contribution in [0.2, 0.25) is 0 Å². The summed E-state index contributed by atoms with van der Waals surface area (Å²) in [5.74, 6) is -1.38. The fourth-order valence-corrected chi connectivity index (χ4v) is 3.01. The van der Waals surface area contributed by atoms with Gasteiger partial charge < -0.3 is 10.0 Å². The molecule has 2 atom stereocenters. The molecule has 110 valence electrons. The first kappa shape index (κ1) is 15.9. The molecule has 2 unspecified atom stereocenters. The highest BCUT2D eigenvalue weighted by atomic mass is 32.2. The number of carbonyl (C=O) groups excluding carboxylic acids is 1. The number of hydrogen-bond acceptors (Lipinski definition) is 4. The molecule has 0 aliphatic carbocycles. The van der Waals surface area contributed by atoms with E-state index in [2.05, 4.69) is 0 Å². The number of carboxylic acid groups (broad SMARTS) is 1. The third-order valence-corrected chi connectivity index (χ3v) is 4.58. The highest BCUT2D eigenvalue weighted by Crippen LogP contribution is 2.31. The first-order valence-electron chi connectivity index (χ1n) is 5.96. The molecule has 1 amide bonds. The second-order valence-corrected chi connectivity index (χ2v) is 7.79. The topological polar surface area (TPSA) is 118 Å². The molecule has 0 bridgehead atoms. The Balaban J connectivity index is 2.99. The summed E-state index contributed by atoms with van der Waals surface area (Å²) >= 11 is 0. The molecular weight excluding hydrogens is 272 g/mol. The summed E-state index contributed by atoms with van der Waals surface area (Å²) in [5, 5.41) is 13.0. The smallest absolute Gasteiger partial charge is 0.305 e. The van der Waals surface area contributed by atoms with Gasteiger partial charge in [-0.3, -0.25) is 9.59 Å². The minimum Gasteiger partial charge on any atom is -0.481 e. The lowest BCUT2D eigenvalue weighted by Gasteiger charge is -2.37. The maximum absolute atomic E-state index is 11.9. The molecule has 1 heterocycles. The fraction of sp³-hybridized carbons (Fsp3) is 0.818. The van der Waals surface area contributed by atoms with E-state index in [9.17, 15) is 18.0 Å². The highest BCUT2D eigenvalue weighted by molar-refractivity contribution is 7.89. The molecule has 1 aliphatic rings. The molecule has 0 aromatic heterocycles. The molecule has 0 radical (unpaired) electrons. The molecule has 0 aromatic carbocycles. The Bertz CT molecular complexity index is 480. The zero-order chi connectivity index (χ0) is 15.0. The molecule has 3 N–H and O–H groups in total. The van der Waals surface area contributed by atoms with Crippen LogP contribution in [0.1, 0.15) is 33.6 Å². The van der Waals surface area contributed by atoms with E-state index in [4.69, 9.17) is 10.2 Å². The van der Waals surface area contributed by atoms with Crippen LogP contribution in [0, 0.1) is 5.41 Å². The number of rotatable bonds is 4. The van der Waals surface area contributed by atoms with Crippen molar-refractivity contribution in [2.75, 3.05) is 6.54 Å². The number of likely N-dealkylation sites (tertiary alicyclic amines) is 1. The Kier molecular flexibility index (Phi) is 4.26. The van der Waals surface area contributed by atoms with Crippen LogP contribution in [-0.2, 0) is 19.6 Å². The lowest BCUT2D eigenvalue weighted by molar-refractivity contribution is -0.141. The Morgan fingerprint density at radius 3 is 2.37 bits per heavy atom. The van der Waals surface area contributed by atoms with Gasteiger partial charge in [-0.15, -0.1) is 0 Å². The zero-order valence-electron chi connectivity index (χ0n) is 11.3. The maximum atomic E-state index is 11.9. The van der Waals surface area contributed by atoms with Crippen LogP contribution in [0.5, 0.6) is 0 Å². The van der Waals surface area contributed by atoms with E-state index in [0.717, 1.165) is 0 Å². The van der Waals surface area contributed by atoms with Crippen LogP contribution in [0.3, 0.4) is 0 Å². The van der Waals surface area contributed by atoms with Gasteiger partial charge in [0.1, 0.15) is 5.25 Å². The number of hydrogen-bond donors (Lipinski definition) is 2. The lowest BCUT2D eigenvalue weighted by Crippen LogP contribution is -2.47. The molecule has 0 aromatic rings. The van der Waals surface area contributed by atoms with Crippen molar-refractivity contribution in [3.63, 3.8) is 0 Å². The summed E-state index contributed by atoms with van der Waals surface area (Å²) in [7, 11) is -3.79. The molecule has 8 heteroatoms. The van der Waals surface area contributed by atoms with Gasteiger partial charge in [0, 0.05) is 19.0 Å². The Hall–Kier alpha value is -1.15. The van der Waals surface area contributed by atoms with Crippen LogP contribution < -0.4 is 5.14 Å². The summed E-state index contributed by atoms with van der Waals surface area (Å²) in [5.41, 5.74) is -0.457. The molecule has 19 heavy (non-hydrogen) atoms. The van der Waals surface area contributed by atoms with Gasteiger partial charge in [-0.2, -0.15) is 0 Å². The van der Waals surface area contributed by atoms with E-state index in [0.29, 0.717) is 0 Å². The normalized spacial score (nSPS) is 22.6. The monoisotopic (exact) mass is 292 g/mol. The van der Waals surface area contributed by atoms with Crippen molar-refractivity contribution in [1.29, 1.82) is 0 Å². The first-order valence-corrected chi connectivity index (χ1v) is 7.56. The van der Waals surface area contributed by atoms with Crippen molar-refractivity contribution in [3.05, 3.63) is 0 Å². The molecule has 1 saturated heterocycles. The standard InChI is InChI=1S/C11H20N2O5S/c1-11(2,3)8(5-10(15)16)13-6-7(4-9(13)14)19(12,17)18/h7-8H,4-6H2,1-3H3,(H,15,16)(H2,12,17,18). The maximum Gasteiger partial charge on any atom is 0.305 e. The number of sulfonamides is 1. The summed E-state index contributed by atoms with van der Waals surface area (Å²) in [6.45, 7) is 5.42. The van der Waals surface area contributed by atoms with E-state index >= 15 is 0 Å². The van der Waals surface area contributed by atoms with Gasteiger partial charge in [-0.05, 0) is 5.41 Å². The number of aliphatic carboxylic acids is 1. The second kappa shape index (κ2) is 5.09. The van der Waals surface area contributed by atoms with Crippen molar-refractivity contribution < 1.29 is 23.1 Å². The van der Waals surface area contributed by atoms with Gasteiger partial charge in [-0.1, -0.05) is 20.8 Å². The van der Waals surface area contributed by atoms with E-state index in [1.807, 2.05) is 20.8 Å². The quantitative estimate of drug-likeness (QED) is 0.741. The number of carboxylic acids is 1. The third-order valence-electron chi connectivity index (χ3n) is 3.33. The van der Waals surface area contributed by atoms with Crippen LogP contribution >= 0.6 is 0 Å². The van der Waals surface area contributed by atoms with Gasteiger partial charge in [0.05, 0.1) is 6.42 Å². The molecule has 1 aliphatic heterocycles. The summed E-state index contributed by atoms with van der Waals surface area (Å²) < 4.78 is 22.6. The van der Waals surface area contributed by atoms with Gasteiger partial charge in [0.2, 0.25) is 15.9 Å². The molecule has 0 spiro atoms. The third kappa shape index (κ3) is 3.90. The SMILES string of the molecule is CC(C)(C)C(CC(=O)O)N1CC(S(N)(=O)=O)CC1=O. The number of amides is 1. The minimum absolute atomic E-state index is 0.0348. The number of nitrogens with two attached hydrogens (primary N) is 1. The Morgan fingerprint density at radius 1 is 1.53 bits per heavy atom. The van der Waals surface area contributed by atoms with Crippen LogP contribution in [0.4, 0.5) is 0 Å². The van der Waals surface area contributed by atoms with Gasteiger partial charge in [0.15, 0.2) is 0 Å². The van der Waals surface area contributed by atoms with E-state index in [1.54, 1.807) is 0 Å². The Labute approximate surface area is 112 Å². The predicted octanol–water partition coefficient (Wildman–Crippen LogP) is -0.235. The van der Waals surface area contributed by atoms with Crippen molar-refractivity contribution >= 4 is 21.9 Å². The lowest BCUT2D eigenvalue weighted by atomic mass is 9.83. The summed E-state index contributed by atoms with van der Waals surface area (Å²) in [6.07, 6.45) is -0.391. The fourth-order valence-electron chi connectivity index (χ4n) is 2.27. The van der Waals surface area contributed by atoms with Crippen molar-refractivity contribution in [2.45, 2.75) is 44.9 Å². The van der Waals surface area contributed by atoms with Gasteiger partial charge >= 0.3 is 5.97 Å². The van der Waals surface area contributed by atoms with E-state index < -0.39 is 32.7 Å². The van der Waals surface area contributed by atoms with Gasteiger partial charge in [-0.25, -0.2) is 13.6 Å². The van der Waals surface area contributed by atoms with Gasteiger partial charge in [0.25, 0.3) is 0 Å². The highest BCUT2D eigenvalue weighted by Gasteiger charge is 2.43. The van der Waals surface area contributed by atoms with E-state index in [-0.39, 0.29) is 25.3 Å². The van der Waals surface area contributed by atoms with Crippen molar-refractivity contribution in [2.24, 2.45) is 10.6 Å². The second-order valence-electron chi connectivity index (χ2n) is 5.94. The zero-order valence-corrected chi connectivity index (χ0v) is 12.1. The summed E-state index contributed by atoms with van der Waals surface area (Å²) in [4.78, 5) is 24.2. The van der Waals surface area contributed by atoms with Crippen LogP contribution in [0.25, 0.3) is 0 Å². The van der Waals surface area contributed by atoms with Crippen LogP contribution in [-0.4, -0.2) is 48.1 Å². The number of nitrogens with zero attached hydrogens (tertiary/aromatic N) is 1. The molecule has 1 fully saturated rings. The minimum atomic E-state index is -3.79. The largest absolute Gasteiger partial charge is 0.481 e. The Morgan fingerprint density at radius 2 is 2.05 bits per heavy atom. The average molecular weight is 292 g/mol. The van der Waals surface area contributed by atoms with Crippen LogP contribution in [0.15, 0.2) is 0 Å². The molecule has 1 rings (SSSR count). The molecule has 0 saturated carbocycles.